The summed E-state index contributed by atoms with van der Waals surface area (Å²) in [4.78, 5) is 0. The van der Waals surface area contributed by atoms with E-state index in [0.29, 0.717) is 12.7 Å². The van der Waals surface area contributed by atoms with E-state index in [0.717, 1.165) is 27.6 Å². The number of hydrogen-bond donors (Lipinski definition) is 0. The normalized spacial score (nSPS) is 20.8. The Morgan fingerprint density at radius 3 is 2.94 bits per heavy atom. The minimum absolute atomic E-state index is 0.0844. The molecular weight excluding hydrogens is 314 g/mol. The molecule has 0 aromatic heterocycles. The quantitative estimate of drug-likeness (QED) is 0.468. The fourth-order valence-electron chi connectivity index (χ4n) is 1.65. The van der Waals surface area contributed by atoms with E-state index in [2.05, 4.69) is 41.6 Å². The van der Waals surface area contributed by atoms with Gasteiger partial charge in [-0.15, -0.1) is 0 Å². The van der Waals surface area contributed by atoms with Crippen LogP contribution in [0, 0.1) is 3.57 Å². The maximum atomic E-state index is 6.00. The molecule has 0 amide bonds. The molecule has 1 aromatic carbocycles. The lowest BCUT2D eigenvalue weighted by Gasteiger charge is -2.18. The van der Waals surface area contributed by atoms with Gasteiger partial charge in [0.1, 0.15) is 14.0 Å². The Labute approximate surface area is 111 Å². The van der Waals surface area contributed by atoms with Crippen LogP contribution in [0.4, 0.5) is 0 Å². The van der Waals surface area contributed by atoms with Crippen LogP contribution in [0.2, 0.25) is 0 Å². The van der Waals surface area contributed by atoms with Crippen molar-refractivity contribution in [3.05, 3.63) is 27.3 Å². The van der Waals surface area contributed by atoms with Crippen LogP contribution < -0.4 is 5.46 Å². The van der Waals surface area contributed by atoms with Gasteiger partial charge in [-0.25, -0.2) is 0 Å². The fraction of sp³-hybridized carbons (Fsp3) is 0.500. The highest BCUT2D eigenvalue weighted by atomic mass is 127. The van der Waals surface area contributed by atoms with Crippen molar-refractivity contribution in [1.29, 1.82) is 0 Å². The largest absolute Gasteiger partial charge is 0.371 e. The van der Waals surface area contributed by atoms with Crippen molar-refractivity contribution in [2.45, 2.75) is 25.6 Å². The molecule has 1 aromatic rings. The van der Waals surface area contributed by atoms with Crippen molar-refractivity contribution >= 4 is 35.9 Å². The summed E-state index contributed by atoms with van der Waals surface area (Å²) < 4.78 is 12.1. The van der Waals surface area contributed by atoms with Crippen LogP contribution in [-0.4, -0.2) is 27.2 Å². The van der Waals surface area contributed by atoms with Gasteiger partial charge in [-0.05, 0) is 40.6 Å². The zero-order valence-corrected chi connectivity index (χ0v) is 11.4. The van der Waals surface area contributed by atoms with Gasteiger partial charge in [0.15, 0.2) is 0 Å². The number of halogens is 1. The van der Waals surface area contributed by atoms with Gasteiger partial charge in [0.25, 0.3) is 0 Å². The molecule has 1 aliphatic heterocycles. The first-order chi connectivity index (χ1) is 7.70. The second-order valence-corrected chi connectivity index (χ2v) is 5.20. The first-order valence-electron chi connectivity index (χ1n) is 5.48. The van der Waals surface area contributed by atoms with E-state index in [4.69, 9.17) is 17.3 Å². The summed E-state index contributed by atoms with van der Waals surface area (Å²) in [5.41, 5.74) is 1.90. The van der Waals surface area contributed by atoms with Crippen LogP contribution >= 0.6 is 22.6 Å². The number of hydrogen-bond acceptors (Lipinski definition) is 2. The van der Waals surface area contributed by atoms with E-state index in [1.807, 2.05) is 6.07 Å². The molecule has 1 heterocycles. The van der Waals surface area contributed by atoms with E-state index in [1.54, 1.807) is 0 Å². The molecule has 4 heteroatoms. The fourth-order valence-corrected chi connectivity index (χ4v) is 2.17. The molecule has 0 unspecified atom stereocenters. The van der Waals surface area contributed by atoms with Gasteiger partial charge in [0.05, 0.1) is 19.3 Å². The van der Waals surface area contributed by atoms with E-state index in [-0.39, 0.29) is 6.10 Å². The molecule has 1 saturated heterocycles. The highest BCUT2D eigenvalue weighted by Gasteiger charge is 2.24. The van der Waals surface area contributed by atoms with Crippen molar-refractivity contribution in [3.8, 4) is 0 Å². The van der Waals surface area contributed by atoms with Gasteiger partial charge in [-0.2, -0.15) is 0 Å². The van der Waals surface area contributed by atoms with E-state index >= 15 is 0 Å². The average molecular weight is 328 g/mol. The molecule has 1 fully saturated rings. The Morgan fingerprint density at radius 2 is 2.38 bits per heavy atom. The van der Waals surface area contributed by atoms with Crippen LogP contribution in [0.25, 0.3) is 0 Å². The van der Waals surface area contributed by atoms with Crippen molar-refractivity contribution in [2.24, 2.45) is 0 Å². The van der Waals surface area contributed by atoms with Crippen LogP contribution in [0.1, 0.15) is 25.0 Å². The molecule has 16 heavy (non-hydrogen) atoms. The maximum absolute atomic E-state index is 6.00. The summed E-state index contributed by atoms with van der Waals surface area (Å²) in [7, 11) is 6.00. The molecule has 84 valence electrons. The molecule has 0 spiro atoms. The van der Waals surface area contributed by atoms with Gasteiger partial charge < -0.3 is 9.47 Å². The third-order valence-corrected chi connectivity index (χ3v) is 3.32. The van der Waals surface area contributed by atoms with E-state index in [9.17, 15) is 0 Å². The topological polar surface area (TPSA) is 21.8 Å². The Morgan fingerprint density at radius 1 is 1.62 bits per heavy atom. The van der Waals surface area contributed by atoms with Crippen LogP contribution in [0.15, 0.2) is 18.2 Å². The van der Waals surface area contributed by atoms with Gasteiger partial charge in [0.2, 0.25) is 0 Å². The van der Waals surface area contributed by atoms with Crippen molar-refractivity contribution < 1.29 is 9.47 Å². The van der Waals surface area contributed by atoms with Crippen LogP contribution in [0.3, 0.4) is 0 Å². The molecule has 0 saturated carbocycles. The molecule has 2 nitrogen and oxygen atoms in total. The second kappa shape index (κ2) is 5.51. The summed E-state index contributed by atoms with van der Waals surface area (Å²) in [6.45, 7) is 3.61. The van der Waals surface area contributed by atoms with Crippen LogP contribution in [0.5, 0.6) is 0 Å². The van der Waals surface area contributed by atoms with Crippen molar-refractivity contribution in [1.82, 2.24) is 0 Å². The van der Waals surface area contributed by atoms with E-state index in [1.165, 1.54) is 0 Å². The molecule has 2 rings (SSSR count). The number of rotatable bonds is 5. The monoisotopic (exact) mass is 328 g/mol. The summed E-state index contributed by atoms with van der Waals surface area (Å²) in [6.07, 6.45) is 1.32. The predicted octanol–water partition coefficient (Wildman–Crippen LogP) is 1.95. The average Bonchev–Trinajstić information content (AvgIpc) is 3.05. The maximum Gasteiger partial charge on any atom is 0.114 e. The third-order valence-electron chi connectivity index (χ3n) is 2.65. The first kappa shape index (κ1) is 12.4. The standard InChI is InChI=1S/C12H14BIO2/c1-2-12(16-7-9-6-15-9)10-4-3-8(14)5-11(10)13/h3-5,9,12H,2,6-7H2,1H3/t9-,12-/m1/s1. The SMILES string of the molecule is [B]c1cc(I)ccc1[C@@H](CC)OC[C@H]1CO1. The zero-order valence-electron chi connectivity index (χ0n) is 9.28. The van der Waals surface area contributed by atoms with Gasteiger partial charge in [-0.1, -0.05) is 24.5 Å². The summed E-state index contributed by atoms with van der Waals surface area (Å²) >= 11 is 2.26. The molecule has 2 atom stereocenters. The smallest absolute Gasteiger partial charge is 0.114 e. The minimum Gasteiger partial charge on any atom is -0.371 e. The molecule has 0 N–H and O–H groups in total. The lowest BCUT2D eigenvalue weighted by atomic mass is 9.87. The van der Waals surface area contributed by atoms with Gasteiger partial charge in [-0.3, -0.25) is 0 Å². The Hall–Kier alpha value is -0.0651. The summed E-state index contributed by atoms with van der Waals surface area (Å²) in [5.74, 6) is 0. The minimum atomic E-state index is 0.0844. The first-order valence-corrected chi connectivity index (χ1v) is 6.56. The third kappa shape index (κ3) is 3.21. The van der Waals surface area contributed by atoms with Crippen molar-refractivity contribution in [3.63, 3.8) is 0 Å². The Bertz CT molecular complexity index is 366. The molecular formula is C12H14BIO2. The van der Waals surface area contributed by atoms with Gasteiger partial charge in [0, 0.05) is 3.57 Å². The highest BCUT2D eigenvalue weighted by molar-refractivity contribution is 14.1. The molecule has 1 aliphatic rings. The number of epoxide rings is 1. The zero-order chi connectivity index (χ0) is 11.5. The number of benzene rings is 1. The lowest BCUT2D eigenvalue weighted by Crippen LogP contribution is -2.18. The van der Waals surface area contributed by atoms with E-state index < -0.39 is 0 Å². The Kier molecular flexibility index (Phi) is 4.27. The predicted molar refractivity (Wildman–Crippen MR) is 73.3 cm³/mol. The van der Waals surface area contributed by atoms with Gasteiger partial charge >= 0.3 is 0 Å². The molecule has 0 aliphatic carbocycles. The number of ether oxygens (including phenoxy) is 2. The molecule has 0 bridgehead atoms. The van der Waals surface area contributed by atoms with Crippen LogP contribution in [-0.2, 0) is 9.47 Å². The lowest BCUT2D eigenvalue weighted by molar-refractivity contribution is 0.0400. The summed E-state index contributed by atoms with van der Waals surface area (Å²) in [6, 6.07) is 6.10. The second-order valence-electron chi connectivity index (χ2n) is 3.96. The van der Waals surface area contributed by atoms with Crippen molar-refractivity contribution in [2.75, 3.05) is 13.2 Å². The Balaban J connectivity index is 2.05. The summed E-state index contributed by atoms with van der Waals surface area (Å²) in [5, 5.41) is 0. The highest BCUT2D eigenvalue weighted by Crippen LogP contribution is 2.22. The molecule has 2 radical (unpaired) electrons.